The molecular weight excluding hydrogens is 370 g/mol. The molecule has 1 fully saturated rings. The summed E-state index contributed by atoms with van der Waals surface area (Å²) in [6.07, 6.45) is 7.22. The van der Waals surface area contributed by atoms with Crippen LogP contribution in [-0.4, -0.2) is 30.5 Å². The highest BCUT2D eigenvalue weighted by molar-refractivity contribution is 7.90. The minimum Gasteiger partial charge on any atom is -0.317 e. The van der Waals surface area contributed by atoms with Crippen molar-refractivity contribution in [1.82, 2.24) is 14.3 Å². The molecule has 138 valence electrons. The quantitative estimate of drug-likeness (QED) is 0.742. The Bertz CT molecular complexity index is 1010. The van der Waals surface area contributed by atoms with E-state index in [2.05, 4.69) is 10.3 Å². The first-order chi connectivity index (χ1) is 12.1. The normalized spacial score (nSPS) is 15.7. The van der Waals surface area contributed by atoms with Crippen LogP contribution in [0.25, 0.3) is 10.9 Å². The first-order valence-corrected chi connectivity index (χ1v) is 9.99. The molecule has 5 nitrogen and oxygen atoms in total. The van der Waals surface area contributed by atoms with Crippen LogP contribution in [0.4, 0.5) is 0 Å². The number of hydrogen-bond donors (Lipinski definition) is 1. The van der Waals surface area contributed by atoms with E-state index in [0.717, 1.165) is 42.4 Å². The summed E-state index contributed by atoms with van der Waals surface area (Å²) in [6, 6.07) is 8.90. The Balaban J connectivity index is 0.00000196. The van der Waals surface area contributed by atoms with E-state index in [1.165, 1.54) is 3.97 Å². The fourth-order valence-corrected chi connectivity index (χ4v) is 4.92. The summed E-state index contributed by atoms with van der Waals surface area (Å²) in [5.74, 6) is 0.376. The van der Waals surface area contributed by atoms with Crippen LogP contribution >= 0.6 is 12.4 Å². The molecule has 0 aliphatic carbocycles. The summed E-state index contributed by atoms with van der Waals surface area (Å²) in [6.45, 7) is 3.88. The monoisotopic (exact) mass is 391 g/mol. The van der Waals surface area contributed by atoms with Crippen LogP contribution in [0, 0.1) is 6.92 Å². The van der Waals surface area contributed by atoms with Gasteiger partial charge < -0.3 is 5.32 Å². The number of aryl methyl sites for hydroxylation is 1. The number of nitrogens with one attached hydrogen (secondary N) is 1. The summed E-state index contributed by atoms with van der Waals surface area (Å²) < 4.78 is 27.8. The zero-order chi connectivity index (χ0) is 17.4. The molecule has 0 atom stereocenters. The number of benzene rings is 1. The van der Waals surface area contributed by atoms with Gasteiger partial charge in [0.15, 0.2) is 0 Å². The number of piperidine rings is 1. The molecule has 3 heterocycles. The van der Waals surface area contributed by atoms with E-state index in [0.29, 0.717) is 16.3 Å². The lowest BCUT2D eigenvalue weighted by atomic mass is 9.90. The zero-order valence-electron chi connectivity index (χ0n) is 14.6. The van der Waals surface area contributed by atoms with Crippen LogP contribution in [0.1, 0.15) is 29.9 Å². The molecule has 0 unspecified atom stereocenters. The maximum atomic E-state index is 13.2. The minimum atomic E-state index is -3.64. The Labute approximate surface area is 159 Å². The van der Waals surface area contributed by atoms with Crippen molar-refractivity contribution in [2.45, 2.75) is 30.6 Å². The number of fused-ring (bicyclic) bond motifs is 1. The van der Waals surface area contributed by atoms with Gasteiger partial charge in [-0.15, -0.1) is 12.4 Å². The Morgan fingerprint density at radius 2 is 1.81 bits per heavy atom. The van der Waals surface area contributed by atoms with Crippen LogP contribution in [0.2, 0.25) is 0 Å². The third kappa shape index (κ3) is 3.24. The van der Waals surface area contributed by atoms with E-state index in [9.17, 15) is 8.42 Å². The predicted octanol–water partition coefficient (Wildman–Crippen LogP) is 3.47. The van der Waals surface area contributed by atoms with Gasteiger partial charge in [-0.25, -0.2) is 12.4 Å². The standard InChI is InChI=1S/C19H21N3O2S.ClH/c1-14-2-4-16(5-3-14)25(23,24)22-13-18(15-6-9-20-10-7-15)17-8-11-21-12-19(17)22;/h2-5,8,11-13,15,20H,6-7,9-10H2,1H3;1H. The SMILES string of the molecule is Cc1ccc(S(=O)(=O)n2cc(C3CCNCC3)c3ccncc32)cc1.Cl. The average Bonchev–Trinajstić information content (AvgIpc) is 3.03. The molecule has 1 N–H and O–H groups in total. The second kappa shape index (κ2) is 7.39. The van der Waals surface area contributed by atoms with Crippen LogP contribution in [0.3, 0.4) is 0 Å². The van der Waals surface area contributed by atoms with Crippen molar-refractivity contribution < 1.29 is 8.42 Å². The van der Waals surface area contributed by atoms with Gasteiger partial charge >= 0.3 is 0 Å². The van der Waals surface area contributed by atoms with Crippen molar-refractivity contribution in [3.05, 3.63) is 60.0 Å². The van der Waals surface area contributed by atoms with Crippen molar-refractivity contribution in [3.8, 4) is 0 Å². The second-order valence-electron chi connectivity index (χ2n) is 6.62. The summed E-state index contributed by atoms with van der Waals surface area (Å²) in [5, 5.41) is 4.35. The topological polar surface area (TPSA) is 64.0 Å². The highest BCUT2D eigenvalue weighted by Crippen LogP contribution is 2.34. The number of halogens is 1. The largest absolute Gasteiger partial charge is 0.317 e. The molecule has 4 rings (SSSR count). The number of pyridine rings is 1. The lowest BCUT2D eigenvalue weighted by Crippen LogP contribution is -2.26. The maximum Gasteiger partial charge on any atom is 0.268 e. The molecule has 0 saturated carbocycles. The fraction of sp³-hybridized carbons (Fsp3) is 0.316. The highest BCUT2D eigenvalue weighted by Gasteiger charge is 2.25. The van der Waals surface area contributed by atoms with Gasteiger partial charge in [0, 0.05) is 17.8 Å². The third-order valence-corrected chi connectivity index (χ3v) is 6.65. The third-order valence-electron chi connectivity index (χ3n) is 4.96. The lowest BCUT2D eigenvalue weighted by molar-refractivity contribution is 0.462. The zero-order valence-corrected chi connectivity index (χ0v) is 16.2. The summed E-state index contributed by atoms with van der Waals surface area (Å²) in [4.78, 5) is 4.46. The van der Waals surface area contributed by atoms with Gasteiger partial charge in [-0.3, -0.25) is 4.98 Å². The van der Waals surface area contributed by atoms with Crippen molar-refractivity contribution in [2.75, 3.05) is 13.1 Å². The van der Waals surface area contributed by atoms with E-state index in [1.54, 1.807) is 30.7 Å². The highest BCUT2D eigenvalue weighted by atomic mass is 35.5. The maximum absolute atomic E-state index is 13.2. The van der Waals surface area contributed by atoms with Gasteiger partial charge in [0.1, 0.15) is 0 Å². The smallest absolute Gasteiger partial charge is 0.268 e. The number of rotatable bonds is 3. The van der Waals surface area contributed by atoms with Crippen LogP contribution < -0.4 is 5.32 Å². The molecule has 0 bridgehead atoms. The Morgan fingerprint density at radius 1 is 1.12 bits per heavy atom. The van der Waals surface area contributed by atoms with E-state index in [4.69, 9.17) is 0 Å². The van der Waals surface area contributed by atoms with E-state index >= 15 is 0 Å². The number of aromatic nitrogens is 2. The summed E-state index contributed by atoms with van der Waals surface area (Å²) >= 11 is 0. The molecule has 1 aliphatic rings. The molecule has 7 heteroatoms. The molecule has 2 aromatic heterocycles. The molecule has 26 heavy (non-hydrogen) atoms. The minimum absolute atomic E-state index is 0. The Morgan fingerprint density at radius 3 is 2.50 bits per heavy atom. The van der Waals surface area contributed by atoms with Gasteiger partial charge in [-0.2, -0.15) is 0 Å². The Hall–Kier alpha value is -1.89. The van der Waals surface area contributed by atoms with Gasteiger partial charge in [-0.1, -0.05) is 17.7 Å². The van der Waals surface area contributed by atoms with Crippen molar-refractivity contribution in [1.29, 1.82) is 0 Å². The molecule has 3 aromatic rings. The van der Waals surface area contributed by atoms with Crippen LogP contribution in [0.15, 0.2) is 53.8 Å². The van der Waals surface area contributed by atoms with Gasteiger partial charge in [0.25, 0.3) is 10.0 Å². The van der Waals surface area contributed by atoms with Gasteiger partial charge in [0.05, 0.1) is 16.6 Å². The van der Waals surface area contributed by atoms with E-state index in [-0.39, 0.29) is 12.4 Å². The predicted molar refractivity (Wildman–Crippen MR) is 106 cm³/mol. The molecule has 1 aromatic carbocycles. The van der Waals surface area contributed by atoms with Gasteiger partial charge in [0.2, 0.25) is 0 Å². The first kappa shape index (κ1) is 18.9. The van der Waals surface area contributed by atoms with Crippen molar-refractivity contribution in [2.24, 2.45) is 0 Å². The van der Waals surface area contributed by atoms with E-state index in [1.807, 2.05) is 25.1 Å². The van der Waals surface area contributed by atoms with E-state index < -0.39 is 10.0 Å². The van der Waals surface area contributed by atoms with Gasteiger partial charge in [-0.05, 0) is 62.5 Å². The second-order valence-corrected chi connectivity index (χ2v) is 8.43. The summed E-state index contributed by atoms with van der Waals surface area (Å²) in [5.41, 5.74) is 2.79. The lowest BCUT2D eigenvalue weighted by Gasteiger charge is -2.22. The molecule has 0 radical (unpaired) electrons. The van der Waals surface area contributed by atoms with Crippen molar-refractivity contribution >= 4 is 33.3 Å². The average molecular weight is 392 g/mol. The number of nitrogens with zero attached hydrogens (tertiary/aromatic N) is 2. The molecule has 0 spiro atoms. The summed E-state index contributed by atoms with van der Waals surface area (Å²) in [7, 11) is -3.64. The molecule has 1 aliphatic heterocycles. The molecule has 0 amide bonds. The Kier molecular flexibility index (Phi) is 5.37. The van der Waals surface area contributed by atoms with Crippen LogP contribution in [-0.2, 0) is 10.0 Å². The molecular formula is C19H22ClN3O2S. The first-order valence-electron chi connectivity index (χ1n) is 8.55. The fourth-order valence-electron chi connectivity index (χ4n) is 3.55. The number of hydrogen-bond acceptors (Lipinski definition) is 4. The van der Waals surface area contributed by atoms with Crippen LogP contribution in [0.5, 0.6) is 0 Å². The molecule has 1 saturated heterocycles. The van der Waals surface area contributed by atoms with Crippen molar-refractivity contribution in [3.63, 3.8) is 0 Å².